The zero-order valence-electron chi connectivity index (χ0n) is 9.33. The average Bonchev–Trinajstić information content (AvgIpc) is 2.33. The van der Waals surface area contributed by atoms with Crippen molar-refractivity contribution in [2.75, 3.05) is 0 Å². The van der Waals surface area contributed by atoms with Crippen molar-refractivity contribution in [3.63, 3.8) is 0 Å². The summed E-state index contributed by atoms with van der Waals surface area (Å²) < 4.78 is 12.7. The molecule has 1 fully saturated rings. The Kier molecular flexibility index (Phi) is 3.94. The molecule has 17 heavy (non-hydrogen) atoms. The third kappa shape index (κ3) is 3.16. The van der Waals surface area contributed by atoms with Gasteiger partial charge in [0.15, 0.2) is 0 Å². The number of amides is 1. The van der Waals surface area contributed by atoms with E-state index in [9.17, 15) is 9.18 Å². The first kappa shape index (κ1) is 12.3. The number of carbonyl (C=O) groups is 1. The van der Waals surface area contributed by atoms with E-state index in [-0.39, 0.29) is 23.0 Å². The molecule has 0 spiro atoms. The van der Waals surface area contributed by atoms with Crippen LogP contribution in [-0.2, 0) is 0 Å². The summed E-state index contributed by atoms with van der Waals surface area (Å²) in [7, 11) is 0. The summed E-state index contributed by atoms with van der Waals surface area (Å²) in [5.74, 6) is -0.739. The van der Waals surface area contributed by atoms with E-state index in [1.54, 1.807) is 0 Å². The molecule has 3 nitrogen and oxygen atoms in total. The summed E-state index contributed by atoms with van der Waals surface area (Å²) in [6.45, 7) is 0. The van der Waals surface area contributed by atoms with Gasteiger partial charge in [-0.3, -0.25) is 4.79 Å². The Hall–Kier alpha value is -1.16. The zero-order chi connectivity index (χ0) is 12.3. The first-order chi connectivity index (χ1) is 8.16. The highest BCUT2D eigenvalue weighted by atomic mass is 35.5. The Labute approximate surface area is 104 Å². The molecule has 1 aromatic rings. The van der Waals surface area contributed by atoms with E-state index in [1.807, 2.05) is 0 Å². The SMILES string of the molecule is O=C(NC1CCCCC1Cl)c1ccc(F)cn1. The van der Waals surface area contributed by atoms with Crippen LogP contribution in [0.1, 0.15) is 36.2 Å². The second-order valence-electron chi connectivity index (χ2n) is 4.24. The maximum atomic E-state index is 12.7. The maximum absolute atomic E-state index is 12.7. The van der Waals surface area contributed by atoms with Gasteiger partial charge in [-0.15, -0.1) is 11.6 Å². The summed E-state index contributed by atoms with van der Waals surface area (Å²) in [6, 6.07) is 2.59. The lowest BCUT2D eigenvalue weighted by molar-refractivity contribution is 0.0923. The predicted octanol–water partition coefficient (Wildman–Crippen LogP) is 2.50. The molecule has 2 atom stereocenters. The Bertz CT molecular complexity index is 396. The van der Waals surface area contributed by atoms with Gasteiger partial charge in [0, 0.05) is 6.04 Å². The van der Waals surface area contributed by atoms with Gasteiger partial charge in [-0.05, 0) is 25.0 Å². The molecule has 1 aliphatic carbocycles. The van der Waals surface area contributed by atoms with Gasteiger partial charge in [-0.25, -0.2) is 9.37 Å². The molecule has 5 heteroatoms. The molecule has 92 valence electrons. The summed E-state index contributed by atoms with van der Waals surface area (Å²) in [5.41, 5.74) is 0.223. The molecule has 1 heterocycles. The number of hydrogen-bond donors (Lipinski definition) is 1. The number of hydrogen-bond acceptors (Lipinski definition) is 2. The maximum Gasteiger partial charge on any atom is 0.270 e. The Morgan fingerprint density at radius 2 is 2.18 bits per heavy atom. The fourth-order valence-electron chi connectivity index (χ4n) is 2.00. The molecule has 0 radical (unpaired) electrons. The molecular formula is C12H14ClFN2O. The molecule has 2 unspecified atom stereocenters. The summed E-state index contributed by atoms with van der Waals surface area (Å²) in [4.78, 5) is 15.6. The van der Waals surface area contributed by atoms with Gasteiger partial charge < -0.3 is 5.32 Å². The lowest BCUT2D eigenvalue weighted by Crippen LogP contribution is -2.43. The Morgan fingerprint density at radius 1 is 1.41 bits per heavy atom. The predicted molar refractivity (Wildman–Crippen MR) is 63.6 cm³/mol. The second kappa shape index (κ2) is 5.45. The quantitative estimate of drug-likeness (QED) is 0.826. The third-order valence-corrected chi connectivity index (χ3v) is 3.48. The molecule has 1 aliphatic rings. The van der Waals surface area contributed by atoms with E-state index in [4.69, 9.17) is 11.6 Å². The van der Waals surface area contributed by atoms with Gasteiger partial charge in [0.1, 0.15) is 11.5 Å². The fraction of sp³-hybridized carbons (Fsp3) is 0.500. The van der Waals surface area contributed by atoms with Crippen LogP contribution in [0.15, 0.2) is 18.3 Å². The van der Waals surface area contributed by atoms with E-state index >= 15 is 0 Å². The van der Waals surface area contributed by atoms with Crippen LogP contribution in [0.4, 0.5) is 4.39 Å². The van der Waals surface area contributed by atoms with Crippen LogP contribution in [0.5, 0.6) is 0 Å². The van der Waals surface area contributed by atoms with Crippen LogP contribution in [0.25, 0.3) is 0 Å². The van der Waals surface area contributed by atoms with E-state index < -0.39 is 5.82 Å². The minimum Gasteiger partial charge on any atom is -0.346 e. The van der Waals surface area contributed by atoms with Gasteiger partial charge in [-0.1, -0.05) is 12.8 Å². The first-order valence-corrected chi connectivity index (χ1v) is 6.17. The number of halogens is 2. The number of nitrogens with one attached hydrogen (secondary N) is 1. The highest BCUT2D eigenvalue weighted by molar-refractivity contribution is 6.21. The van der Waals surface area contributed by atoms with Gasteiger partial charge in [0.05, 0.1) is 11.6 Å². The number of carbonyl (C=O) groups excluding carboxylic acids is 1. The first-order valence-electron chi connectivity index (χ1n) is 5.73. The molecule has 1 aromatic heterocycles. The smallest absolute Gasteiger partial charge is 0.270 e. The minimum atomic E-state index is -0.450. The monoisotopic (exact) mass is 256 g/mol. The highest BCUT2D eigenvalue weighted by Crippen LogP contribution is 2.23. The zero-order valence-corrected chi connectivity index (χ0v) is 10.1. The van der Waals surface area contributed by atoms with Crippen molar-refractivity contribution in [3.8, 4) is 0 Å². The van der Waals surface area contributed by atoms with Crippen molar-refractivity contribution < 1.29 is 9.18 Å². The number of pyridine rings is 1. The molecule has 1 saturated carbocycles. The molecule has 1 amide bonds. The topological polar surface area (TPSA) is 42.0 Å². The minimum absolute atomic E-state index is 0.00947. The van der Waals surface area contributed by atoms with Crippen molar-refractivity contribution in [2.24, 2.45) is 0 Å². The van der Waals surface area contributed by atoms with E-state index in [2.05, 4.69) is 10.3 Å². The third-order valence-electron chi connectivity index (χ3n) is 2.96. The number of rotatable bonds is 2. The summed E-state index contributed by atoms with van der Waals surface area (Å²) >= 11 is 6.14. The lowest BCUT2D eigenvalue weighted by atomic mass is 9.95. The van der Waals surface area contributed by atoms with Gasteiger partial charge in [0.25, 0.3) is 5.91 Å². The standard InChI is InChI=1S/C12H14ClFN2O/c13-9-3-1-2-4-10(9)16-12(17)11-6-5-8(14)7-15-11/h5-7,9-10H,1-4H2,(H,16,17). The van der Waals surface area contributed by atoms with E-state index in [1.165, 1.54) is 12.1 Å². The molecule has 1 N–H and O–H groups in total. The molecular weight excluding hydrogens is 243 g/mol. The molecule has 2 rings (SSSR count). The number of nitrogens with zero attached hydrogens (tertiary/aromatic N) is 1. The van der Waals surface area contributed by atoms with Crippen molar-refractivity contribution in [3.05, 3.63) is 29.8 Å². The highest BCUT2D eigenvalue weighted by Gasteiger charge is 2.25. The van der Waals surface area contributed by atoms with Crippen LogP contribution in [0, 0.1) is 5.82 Å². The average molecular weight is 257 g/mol. The van der Waals surface area contributed by atoms with Crippen molar-refractivity contribution in [1.29, 1.82) is 0 Å². The van der Waals surface area contributed by atoms with Crippen LogP contribution in [-0.4, -0.2) is 22.3 Å². The molecule has 0 saturated heterocycles. The number of aromatic nitrogens is 1. The normalized spacial score (nSPS) is 24.4. The van der Waals surface area contributed by atoms with Gasteiger partial charge in [-0.2, -0.15) is 0 Å². The fourth-order valence-corrected chi connectivity index (χ4v) is 2.34. The van der Waals surface area contributed by atoms with Crippen LogP contribution >= 0.6 is 11.6 Å². The molecule has 0 bridgehead atoms. The lowest BCUT2D eigenvalue weighted by Gasteiger charge is -2.27. The number of alkyl halides is 1. The van der Waals surface area contributed by atoms with Crippen LogP contribution in [0.3, 0.4) is 0 Å². The van der Waals surface area contributed by atoms with Crippen LogP contribution < -0.4 is 5.32 Å². The second-order valence-corrected chi connectivity index (χ2v) is 4.80. The van der Waals surface area contributed by atoms with Crippen LogP contribution in [0.2, 0.25) is 0 Å². The van der Waals surface area contributed by atoms with Crippen molar-refractivity contribution >= 4 is 17.5 Å². The largest absolute Gasteiger partial charge is 0.346 e. The Balaban J connectivity index is 1.98. The Morgan fingerprint density at radius 3 is 2.82 bits per heavy atom. The van der Waals surface area contributed by atoms with E-state index in [0.717, 1.165) is 31.9 Å². The molecule has 0 aromatic carbocycles. The van der Waals surface area contributed by atoms with Crippen molar-refractivity contribution in [2.45, 2.75) is 37.1 Å². The summed E-state index contributed by atoms with van der Waals surface area (Å²) in [6.07, 6.45) is 5.03. The van der Waals surface area contributed by atoms with Gasteiger partial charge >= 0.3 is 0 Å². The van der Waals surface area contributed by atoms with Crippen molar-refractivity contribution in [1.82, 2.24) is 10.3 Å². The molecule has 0 aliphatic heterocycles. The summed E-state index contributed by atoms with van der Waals surface area (Å²) in [5, 5.41) is 2.83. The van der Waals surface area contributed by atoms with Gasteiger partial charge in [0.2, 0.25) is 0 Å². The van der Waals surface area contributed by atoms with E-state index in [0.29, 0.717) is 0 Å².